The minimum atomic E-state index is -0.978. The Bertz CT molecular complexity index is 899. The van der Waals surface area contributed by atoms with Crippen molar-refractivity contribution < 1.29 is 19.7 Å². The molecule has 1 aromatic carbocycles. The molecule has 1 saturated carbocycles. The Labute approximate surface area is 179 Å². The highest BCUT2D eigenvalue weighted by atomic mass is 16.5. The lowest BCUT2D eigenvalue weighted by molar-refractivity contribution is -0.139. The largest absolute Gasteiger partial charge is 0.506 e. The van der Waals surface area contributed by atoms with Crippen LogP contribution in [0.2, 0.25) is 0 Å². The fourth-order valence-electron chi connectivity index (χ4n) is 4.50. The van der Waals surface area contributed by atoms with Crippen molar-refractivity contribution >= 4 is 5.97 Å². The summed E-state index contributed by atoms with van der Waals surface area (Å²) in [6.45, 7) is 5.78. The molecule has 0 unspecified atom stereocenters. The quantitative estimate of drug-likeness (QED) is 0.592. The van der Waals surface area contributed by atoms with Crippen LogP contribution in [0.25, 0.3) is 0 Å². The van der Waals surface area contributed by atoms with Crippen LogP contribution in [0.15, 0.2) is 18.2 Å². The molecule has 0 radical (unpaired) electrons. The van der Waals surface area contributed by atoms with Crippen molar-refractivity contribution in [1.29, 1.82) is 0 Å². The van der Waals surface area contributed by atoms with Crippen LogP contribution in [0.5, 0.6) is 11.5 Å². The summed E-state index contributed by atoms with van der Waals surface area (Å²) < 4.78 is 5.50. The van der Waals surface area contributed by atoms with E-state index in [0.29, 0.717) is 23.8 Å². The van der Waals surface area contributed by atoms with Crippen molar-refractivity contribution in [2.75, 3.05) is 6.61 Å². The third-order valence-electron chi connectivity index (χ3n) is 6.37. The lowest BCUT2D eigenvalue weighted by atomic mass is 9.91. The molecule has 0 amide bonds. The number of carbonyl (C=O) groups is 1. The standard InChI is InChI=1S/C25H33NO4/c1-4-18-13-23(30-15-24(28)29)17(3)16(2)21(18)14-20-11-12-22(27)25(26-20)19-9-7-5-6-8-10-19/h11-13,19,27H,4-10,14-15H2,1-3H3,(H,28,29). The van der Waals surface area contributed by atoms with Gasteiger partial charge in [-0.15, -0.1) is 0 Å². The molecular weight excluding hydrogens is 378 g/mol. The Morgan fingerprint density at radius 1 is 1.13 bits per heavy atom. The van der Waals surface area contributed by atoms with Crippen LogP contribution in [0.1, 0.15) is 85.0 Å². The molecule has 2 N–H and O–H groups in total. The number of ether oxygens (including phenoxy) is 1. The Morgan fingerprint density at radius 3 is 2.47 bits per heavy atom. The predicted molar refractivity (Wildman–Crippen MR) is 118 cm³/mol. The van der Waals surface area contributed by atoms with Crippen molar-refractivity contribution in [3.63, 3.8) is 0 Å². The van der Waals surface area contributed by atoms with Crippen LogP contribution in [0, 0.1) is 13.8 Å². The van der Waals surface area contributed by atoms with E-state index in [-0.39, 0.29) is 6.61 Å². The normalized spacial score (nSPS) is 15.0. The number of pyridine rings is 1. The average molecular weight is 412 g/mol. The van der Waals surface area contributed by atoms with Gasteiger partial charge in [0.05, 0.1) is 5.69 Å². The molecule has 2 aromatic rings. The zero-order valence-electron chi connectivity index (χ0n) is 18.3. The number of aliphatic carboxylic acids is 1. The molecule has 0 bridgehead atoms. The summed E-state index contributed by atoms with van der Waals surface area (Å²) in [5, 5.41) is 19.4. The van der Waals surface area contributed by atoms with Crippen LogP contribution in [-0.4, -0.2) is 27.8 Å². The number of aromatic nitrogens is 1. The first-order valence-corrected chi connectivity index (χ1v) is 11.1. The van der Waals surface area contributed by atoms with Gasteiger partial charge in [-0.2, -0.15) is 0 Å². The van der Waals surface area contributed by atoms with Gasteiger partial charge < -0.3 is 14.9 Å². The molecule has 3 rings (SSSR count). The number of carboxylic acid groups (broad SMARTS) is 1. The number of nitrogens with zero attached hydrogens (tertiary/aromatic N) is 1. The van der Waals surface area contributed by atoms with Gasteiger partial charge in [-0.1, -0.05) is 32.6 Å². The van der Waals surface area contributed by atoms with E-state index in [1.54, 1.807) is 6.07 Å². The summed E-state index contributed by atoms with van der Waals surface area (Å²) >= 11 is 0. The van der Waals surface area contributed by atoms with Crippen LogP contribution in [0.3, 0.4) is 0 Å². The zero-order chi connectivity index (χ0) is 21.7. The third-order valence-corrected chi connectivity index (χ3v) is 6.37. The lowest BCUT2D eigenvalue weighted by Crippen LogP contribution is -2.12. The fourth-order valence-corrected chi connectivity index (χ4v) is 4.50. The van der Waals surface area contributed by atoms with E-state index in [1.165, 1.54) is 31.2 Å². The molecule has 0 spiro atoms. The summed E-state index contributed by atoms with van der Waals surface area (Å²) in [4.78, 5) is 15.8. The predicted octanol–water partition coefficient (Wildman–Crippen LogP) is 5.46. The Balaban J connectivity index is 1.91. The van der Waals surface area contributed by atoms with Crippen molar-refractivity contribution in [2.45, 2.75) is 78.1 Å². The highest BCUT2D eigenvalue weighted by Gasteiger charge is 2.20. The lowest BCUT2D eigenvalue weighted by Gasteiger charge is -2.19. The number of carboxylic acids is 1. The average Bonchev–Trinajstić information content (AvgIpc) is 3.01. The van der Waals surface area contributed by atoms with E-state index in [9.17, 15) is 9.90 Å². The van der Waals surface area contributed by atoms with E-state index in [0.717, 1.165) is 47.3 Å². The topological polar surface area (TPSA) is 79.7 Å². The highest BCUT2D eigenvalue weighted by molar-refractivity contribution is 5.68. The molecule has 1 aromatic heterocycles. The molecule has 5 nitrogen and oxygen atoms in total. The van der Waals surface area contributed by atoms with Crippen molar-refractivity contribution in [3.05, 3.63) is 51.8 Å². The monoisotopic (exact) mass is 411 g/mol. The number of hydrogen-bond acceptors (Lipinski definition) is 4. The van der Waals surface area contributed by atoms with Gasteiger partial charge in [0, 0.05) is 18.0 Å². The number of benzene rings is 1. The molecule has 1 aliphatic rings. The van der Waals surface area contributed by atoms with Gasteiger partial charge in [-0.3, -0.25) is 4.98 Å². The van der Waals surface area contributed by atoms with E-state index in [4.69, 9.17) is 14.8 Å². The fraction of sp³-hybridized carbons (Fsp3) is 0.520. The Hall–Kier alpha value is -2.56. The van der Waals surface area contributed by atoms with Crippen molar-refractivity contribution in [3.8, 4) is 11.5 Å². The highest BCUT2D eigenvalue weighted by Crippen LogP contribution is 2.36. The summed E-state index contributed by atoms with van der Waals surface area (Å²) in [5.41, 5.74) is 6.24. The first-order valence-electron chi connectivity index (χ1n) is 11.1. The number of aryl methyl sites for hydroxylation is 1. The molecular formula is C25H33NO4. The number of rotatable bonds is 7. The molecule has 1 aliphatic carbocycles. The van der Waals surface area contributed by atoms with Gasteiger partial charge in [-0.25, -0.2) is 4.79 Å². The van der Waals surface area contributed by atoms with Gasteiger partial charge >= 0.3 is 5.97 Å². The van der Waals surface area contributed by atoms with Gasteiger partial charge in [0.15, 0.2) is 6.61 Å². The summed E-state index contributed by atoms with van der Waals surface area (Å²) in [6.07, 6.45) is 8.65. The smallest absolute Gasteiger partial charge is 0.341 e. The van der Waals surface area contributed by atoms with E-state index >= 15 is 0 Å². The van der Waals surface area contributed by atoms with Crippen molar-refractivity contribution in [2.24, 2.45) is 0 Å². The van der Waals surface area contributed by atoms with Crippen molar-refractivity contribution in [1.82, 2.24) is 4.98 Å². The van der Waals surface area contributed by atoms with Crippen LogP contribution in [-0.2, 0) is 17.6 Å². The number of hydrogen-bond donors (Lipinski definition) is 2. The molecule has 30 heavy (non-hydrogen) atoms. The van der Waals surface area contributed by atoms with Gasteiger partial charge in [0.2, 0.25) is 0 Å². The van der Waals surface area contributed by atoms with Gasteiger partial charge in [-0.05, 0) is 73.6 Å². The minimum absolute atomic E-state index is 0.312. The Kier molecular flexibility index (Phi) is 7.35. The molecule has 0 aliphatic heterocycles. The Morgan fingerprint density at radius 2 is 1.83 bits per heavy atom. The van der Waals surface area contributed by atoms with Gasteiger partial charge in [0.25, 0.3) is 0 Å². The van der Waals surface area contributed by atoms with E-state index in [2.05, 4.69) is 13.8 Å². The maximum atomic E-state index is 10.9. The summed E-state index contributed by atoms with van der Waals surface area (Å²) in [7, 11) is 0. The van der Waals surface area contributed by atoms with Gasteiger partial charge in [0.1, 0.15) is 11.5 Å². The first-order chi connectivity index (χ1) is 14.4. The molecule has 5 heteroatoms. The molecule has 162 valence electrons. The zero-order valence-corrected chi connectivity index (χ0v) is 18.3. The SMILES string of the molecule is CCc1cc(OCC(=O)O)c(C)c(C)c1Cc1ccc(O)c(C2CCCCCC2)n1. The maximum Gasteiger partial charge on any atom is 0.341 e. The number of aromatic hydroxyl groups is 1. The summed E-state index contributed by atoms with van der Waals surface area (Å²) in [5.74, 6) is 0.307. The molecule has 0 saturated heterocycles. The second-order valence-corrected chi connectivity index (χ2v) is 8.37. The van der Waals surface area contributed by atoms with E-state index in [1.807, 2.05) is 19.1 Å². The maximum absolute atomic E-state index is 10.9. The second-order valence-electron chi connectivity index (χ2n) is 8.37. The second kappa shape index (κ2) is 9.96. The molecule has 1 fully saturated rings. The first kappa shape index (κ1) is 22.1. The van der Waals surface area contributed by atoms with E-state index < -0.39 is 5.97 Å². The van der Waals surface area contributed by atoms with Crippen LogP contribution in [0.4, 0.5) is 0 Å². The summed E-state index contributed by atoms with van der Waals surface area (Å²) in [6, 6.07) is 5.67. The minimum Gasteiger partial charge on any atom is -0.506 e. The molecule has 1 heterocycles. The molecule has 0 atom stereocenters. The van der Waals surface area contributed by atoms with Crippen LogP contribution < -0.4 is 4.74 Å². The third kappa shape index (κ3) is 5.13. The van der Waals surface area contributed by atoms with Crippen LogP contribution >= 0.6 is 0 Å².